The van der Waals surface area contributed by atoms with Crippen molar-refractivity contribution in [2.75, 3.05) is 62.7 Å². The molecule has 2 aliphatic heterocycles. The summed E-state index contributed by atoms with van der Waals surface area (Å²) in [6, 6.07) is 9.46. The predicted molar refractivity (Wildman–Crippen MR) is 154 cm³/mol. The maximum atomic E-state index is 15.6. The average molecular weight is 559 g/mol. The number of rotatable bonds is 7. The summed E-state index contributed by atoms with van der Waals surface area (Å²) in [4.78, 5) is 13.3. The van der Waals surface area contributed by atoms with Gasteiger partial charge in [-0.2, -0.15) is 4.98 Å². The third-order valence-corrected chi connectivity index (χ3v) is 8.99. The van der Waals surface area contributed by atoms with Crippen LogP contribution in [0.15, 0.2) is 36.5 Å². The van der Waals surface area contributed by atoms with Crippen LogP contribution in [0.25, 0.3) is 0 Å². The van der Waals surface area contributed by atoms with Crippen LogP contribution in [0.2, 0.25) is 5.02 Å². The second kappa shape index (κ2) is 10.7. The molecular formula is C27H33ClFN6O2P. The highest BCUT2D eigenvalue weighted by Gasteiger charge is 2.29. The van der Waals surface area contributed by atoms with Crippen molar-refractivity contribution in [2.24, 2.45) is 0 Å². The molecule has 11 heteroatoms. The van der Waals surface area contributed by atoms with Gasteiger partial charge in [0.05, 0.1) is 18.5 Å². The summed E-state index contributed by atoms with van der Waals surface area (Å²) in [5, 5.41) is 7.17. The number of nitrogens with one attached hydrogen (secondary N) is 2. The summed E-state index contributed by atoms with van der Waals surface area (Å²) in [5.74, 6) is 0.572. The number of hydrogen-bond donors (Lipinski definition) is 2. The molecule has 3 heterocycles. The average Bonchev–Trinajstić information content (AvgIpc) is 3.37. The molecule has 2 N–H and O–H groups in total. The highest BCUT2D eigenvalue weighted by Crippen LogP contribution is 2.44. The maximum absolute atomic E-state index is 15.6. The van der Waals surface area contributed by atoms with Gasteiger partial charge in [-0.3, -0.25) is 0 Å². The van der Waals surface area contributed by atoms with Gasteiger partial charge in [0.15, 0.2) is 17.4 Å². The fourth-order valence-electron chi connectivity index (χ4n) is 5.14. The van der Waals surface area contributed by atoms with E-state index in [0.717, 1.165) is 37.2 Å². The van der Waals surface area contributed by atoms with Crippen molar-refractivity contribution < 1.29 is 13.7 Å². The first-order valence-corrected chi connectivity index (χ1v) is 15.7. The lowest BCUT2D eigenvalue weighted by molar-refractivity contribution is 0.249. The van der Waals surface area contributed by atoms with Crippen molar-refractivity contribution in [1.82, 2.24) is 14.9 Å². The van der Waals surface area contributed by atoms with Gasteiger partial charge >= 0.3 is 0 Å². The van der Waals surface area contributed by atoms with Crippen LogP contribution in [0.4, 0.5) is 33.2 Å². The summed E-state index contributed by atoms with van der Waals surface area (Å²) in [6.07, 6.45) is 4.23. The number of halogens is 2. The van der Waals surface area contributed by atoms with Crippen LogP contribution in [-0.2, 0) is 11.0 Å². The van der Waals surface area contributed by atoms with Crippen molar-refractivity contribution >= 4 is 52.9 Å². The zero-order valence-corrected chi connectivity index (χ0v) is 23.7. The van der Waals surface area contributed by atoms with Crippen molar-refractivity contribution in [3.63, 3.8) is 0 Å². The Balaban J connectivity index is 1.42. The minimum Gasteiger partial charge on any atom is -0.491 e. The molecular weight excluding hydrogens is 526 g/mol. The molecule has 0 unspecified atom stereocenters. The molecule has 2 aromatic carbocycles. The number of benzene rings is 2. The lowest BCUT2D eigenvalue weighted by atomic mass is 10.0. The summed E-state index contributed by atoms with van der Waals surface area (Å²) < 4.78 is 34.2. The third-order valence-electron chi connectivity index (χ3n) is 7.16. The van der Waals surface area contributed by atoms with Gasteiger partial charge in [-0.15, -0.1) is 0 Å². The molecule has 1 fully saturated rings. The second-order valence-corrected chi connectivity index (χ2v) is 13.9. The zero-order chi connectivity index (χ0) is 27.0. The Morgan fingerprint density at radius 2 is 1.92 bits per heavy atom. The first-order valence-electron chi connectivity index (χ1n) is 12.7. The molecule has 8 nitrogen and oxygen atoms in total. The van der Waals surface area contributed by atoms with E-state index in [0.29, 0.717) is 41.6 Å². The minimum absolute atomic E-state index is 0.168. The van der Waals surface area contributed by atoms with E-state index in [2.05, 4.69) is 44.5 Å². The Bertz CT molecular complexity index is 1390. The van der Waals surface area contributed by atoms with Crippen LogP contribution < -0.4 is 25.6 Å². The Kier molecular flexibility index (Phi) is 7.54. The van der Waals surface area contributed by atoms with E-state index in [1.807, 2.05) is 24.3 Å². The van der Waals surface area contributed by atoms with Gasteiger partial charge < -0.3 is 29.7 Å². The van der Waals surface area contributed by atoms with E-state index >= 15 is 4.39 Å². The summed E-state index contributed by atoms with van der Waals surface area (Å²) in [6.45, 7) is 5.66. The highest BCUT2D eigenvalue weighted by molar-refractivity contribution is 7.70. The molecule has 202 valence electrons. The van der Waals surface area contributed by atoms with E-state index in [9.17, 15) is 4.57 Å². The quantitative estimate of drug-likeness (QED) is 0.370. The molecule has 38 heavy (non-hydrogen) atoms. The summed E-state index contributed by atoms with van der Waals surface area (Å²) in [5.41, 5.74) is 2.76. The number of para-hydroxylation sites is 1. The molecule has 0 aliphatic carbocycles. The van der Waals surface area contributed by atoms with E-state index in [4.69, 9.17) is 16.3 Å². The monoisotopic (exact) mass is 558 g/mol. The second-order valence-electron chi connectivity index (χ2n) is 10.3. The van der Waals surface area contributed by atoms with Crippen LogP contribution in [-0.4, -0.2) is 68.0 Å². The fraction of sp³-hybridized carbons (Fsp3) is 0.407. The first-order chi connectivity index (χ1) is 18.1. The van der Waals surface area contributed by atoms with Gasteiger partial charge in [-0.05, 0) is 58.5 Å². The van der Waals surface area contributed by atoms with Crippen LogP contribution >= 0.6 is 18.7 Å². The summed E-state index contributed by atoms with van der Waals surface area (Å²) in [7, 11) is 1.66. The highest BCUT2D eigenvalue weighted by atomic mass is 35.5. The van der Waals surface area contributed by atoms with Gasteiger partial charge in [0.25, 0.3) is 0 Å². The van der Waals surface area contributed by atoms with Crippen molar-refractivity contribution in [3.8, 4) is 5.75 Å². The molecule has 1 aromatic heterocycles. The van der Waals surface area contributed by atoms with Gasteiger partial charge in [0.2, 0.25) is 5.95 Å². The van der Waals surface area contributed by atoms with Crippen LogP contribution in [0.5, 0.6) is 5.75 Å². The van der Waals surface area contributed by atoms with Crippen molar-refractivity contribution in [2.45, 2.75) is 25.3 Å². The molecule has 2 aliphatic rings. The normalized spacial score (nSPS) is 15.9. The molecule has 5 rings (SSSR count). The number of hydrogen-bond acceptors (Lipinski definition) is 8. The SMILES string of the molecule is CN(C)C1CCN(c2cc(F)c(Nc3ncc(Cl)c(Nc4ccccc4P(C)(C)=O)n3)c3c2CCO3)CC1. The number of fused-ring (bicyclic) bond motifs is 1. The van der Waals surface area contributed by atoms with Gasteiger partial charge in [-0.1, -0.05) is 23.7 Å². The number of anilines is 5. The Morgan fingerprint density at radius 3 is 2.63 bits per heavy atom. The van der Waals surface area contributed by atoms with E-state index in [1.54, 1.807) is 19.4 Å². The van der Waals surface area contributed by atoms with E-state index < -0.39 is 13.0 Å². The third kappa shape index (κ3) is 5.46. The molecule has 1 saturated heterocycles. The molecule has 0 spiro atoms. The van der Waals surface area contributed by atoms with E-state index in [-0.39, 0.29) is 16.7 Å². The van der Waals surface area contributed by atoms with Gasteiger partial charge in [-0.25, -0.2) is 9.37 Å². The maximum Gasteiger partial charge on any atom is 0.229 e. The molecule has 0 radical (unpaired) electrons. The largest absolute Gasteiger partial charge is 0.491 e. The number of aromatic nitrogens is 2. The number of nitrogens with zero attached hydrogens (tertiary/aromatic N) is 4. The zero-order valence-electron chi connectivity index (χ0n) is 22.1. The van der Waals surface area contributed by atoms with Crippen LogP contribution in [0.1, 0.15) is 18.4 Å². The fourth-order valence-corrected chi connectivity index (χ4v) is 6.43. The molecule has 0 amide bonds. The molecule has 0 saturated carbocycles. The van der Waals surface area contributed by atoms with E-state index in [1.165, 1.54) is 6.20 Å². The van der Waals surface area contributed by atoms with Crippen molar-refractivity contribution in [3.05, 3.63) is 52.9 Å². The summed E-state index contributed by atoms with van der Waals surface area (Å²) >= 11 is 6.39. The lowest BCUT2D eigenvalue weighted by Gasteiger charge is -2.37. The Morgan fingerprint density at radius 1 is 1.18 bits per heavy atom. The molecule has 0 atom stereocenters. The first kappa shape index (κ1) is 26.7. The minimum atomic E-state index is -2.55. The van der Waals surface area contributed by atoms with Crippen LogP contribution in [0.3, 0.4) is 0 Å². The Labute approximate surface area is 227 Å². The smallest absolute Gasteiger partial charge is 0.229 e. The lowest BCUT2D eigenvalue weighted by Crippen LogP contribution is -2.42. The number of piperidine rings is 1. The number of ether oxygens (including phenoxy) is 1. The van der Waals surface area contributed by atoms with Crippen molar-refractivity contribution in [1.29, 1.82) is 0 Å². The van der Waals surface area contributed by atoms with Gasteiger partial charge in [0.1, 0.15) is 17.9 Å². The Hall–Kier alpha value is -2.87. The predicted octanol–water partition coefficient (Wildman–Crippen LogP) is 5.47. The molecule has 3 aromatic rings. The van der Waals surface area contributed by atoms with Gasteiger partial charge in [0, 0.05) is 42.1 Å². The topological polar surface area (TPSA) is 82.6 Å². The molecule has 0 bridgehead atoms. The standard InChI is InChI=1S/C27H33ClFN6O2P/c1-34(2)17-9-12-35(13-10-17)22-15-20(29)24(25-18(22)11-14-37-25)32-27-30-16-19(28)26(33-27)31-21-7-5-6-8-23(21)38(3,4)36/h5-8,15-17H,9-14H2,1-4H3,(H2,30,31,32,33). The van der Waals surface area contributed by atoms with Crippen LogP contribution in [0, 0.1) is 5.82 Å².